The fourth-order valence-electron chi connectivity index (χ4n) is 1.80. The van der Waals surface area contributed by atoms with Gasteiger partial charge >= 0.3 is 5.97 Å². The van der Waals surface area contributed by atoms with Crippen molar-refractivity contribution >= 4 is 11.9 Å². The molecular weight excluding hydrogens is 308 g/mol. The highest BCUT2D eigenvalue weighted by Crippen LogP contribution is 2.15. The molecule has 0 bridgehead atoms. The van der Waals surface area contributed by atoms with Gasteiger partial charge in [-0.15, -0.1) is 0 Å². The molecule has 0 saturated heterocycles. The van der Waals surface area contributed by atoms with Crippen molar-refractivity contribution in [1.29, 1.82) is 5.26 Å². The van der Waals surface area contributed by atoms with Crippen LogP contribution in [0.1, 0.15) is 32.8 Å². The minimum atomic E-state index is -0.988. The number of esters is 1. The number of rotatable bonds is 8. The number of nitrogens with zero attached hydrogens (tertiary/aromatic N) is 1. The molecule has 130 valence electrons. The first kappa shape index (κ1) is 19.5. The van der Waals surface area contributed by atoms with Gasteiger partial charge in [-0.2, -0.15) is 5.26 Å². The lowest BCUT2D eigenvalue weighted by molar-refractivity contribution is -0.149. The van der Waals surface area contributed by atoms with Crippen molar-refractivity contribution in [3.8, 4) is 11.8 Å². The van der Waals surface area contributed by atoms with E-state index in [0.717, 1.165) is 5.56 Å². The molecule has 0 spiro atoms. The second kappa shape index (κ2) is 8.92. The van der Waals surface area contributed by atoms with Gasteiger partial charge in [0.2, 0.25) is 0 Å². The quantitative estimate of drug-likeness (QED) is 0.738. The summed E-state index contributed by atoms with van der Waals surface area (Å²) >= 11 is 0. The van der Waals surface area contributed by atoms with Gasteiger partial charge in [-0.25, -0.2) is 0 Å². The molecule has 6 heteroatoms. The van der Waals surface area contributed by atoms with E-state index in [-0.39, 0.29) is 18.9 Å². The fourth-order valence-corrected chi connectivity index (χ4v) is 1.80. The number of nitriles is 1. The second-order valence-corrected chi connectivity index (χ2v) is 6.09. The standard InChI is InChI=1S/C18H24N2O4/c1-13(2)18(4,12-19)20-16(21)11-24-17(22)8-9-23-15-7-5-6-14(3)10-15/h5-7,10,13H,8-9,11H2,1-4H3,(H,20,21)/t18-/m0/s1. The predicted octanol–water partition coefficient (Wildman–Crippen LogP) is 2.36. The summed E-state index contributed by atoms with van der Waals surface area (Å²) < 4.78 is 10.3. The minimum Gasteiger partial charge on any atom is -0.493 e. The lowest BCUT2D eigenvalue weighted by atomic mass is 9.90. The van der Waals surface area contributed by atoms with Crippen LogP contribution in [0.2, 0.25) is 0 Å². The van der Waals surface area contributed by atoms with E-state index >= 15 is 0 Å². The van der Waals surface area contributed by atoms with Crippen molar-refractivity contribution in [3.05, 3.63) is 29.8 Å². The van der Waals surface area contributed by atoms with Crippen molar-refractivity contribution in [3.63, 3.8) is 0 Å². The lowest BCUT2D eigenvalue weighted by Crippen LogP contribution is -2.50. The first-order chi connectivity index (χ1) is 11.3. The van der Waals surface area contributed by atoms with Gasteiger partial charge in [-0.3, -0.25) is 9.59 Å². The number of carbonyl (C=O) groups excluding carboxylic acids is 2. The first-order valence-electron chi connectivity index (χ1n) is 7.84. The lowest BCUT2D eigenvalue weighted by Gasteiger charge is -2.27. The SMILES string of the molecule is Cc1cccc(OCCC(=O)OCC(=O)N[C@@](C)(C#N)C(C)C)c1. The summed E-state index contributed by atoms with van der Waals surface area (Å²) in [5.74, 6) is -0.408. The van der Waals surface area contributed by atoms with Crippen LogP contribution < -0.4 is 10.1 Å². The molecule has 1 rings (SSSR count). The molecule has 1 amide bonds. The van der Waals surface area contributed by atoms with Gasteiger partial charge in [-0.1, -0.05) is 26.0 Å². The van der Waals surface area contributed by atoms with Crippen LogP contribution in [0.15, 0.2) is 24.3 Å². The largest absolute Gasteiger partial charge is 0.493 e. The molecule has 0 aliphatic rings. The molecule has 1 atom stereocenters. The molecule has 0 aliphatic carbocycles. The zero-order valence-electron chi connectivity index (χ0n) is 14.6. The summed E-state index contributed by atoms with van der Waals surface area (Å²) in [7, 11) is 0. The number of benzene rings is 1. The van der Waals surface area contributed by atoms with E-state index in [1.165, 1.54) is 0 Å². The van der Waals surface area contributed by atoms with Crippen molar-refractivity contribution in [2.45, 2.75) is 39.7 Å². The summed E-state index contributed by atoms with van der Waals surface area (Å²) in [6, 6.07) is 9.56. The Bertz CT molecular complexity index is 622. The Hall–Kier alpha value is -2.55. The van der Waals surface area contributed by atoms with Crippen LogP contribution in [0.3, 0.4) is 0 Å². The molecule has 6 nitrogen and oxygen atoms in total. The van der Waals surface area contributed by atoms with E-state index in [0.29, 0.717) is 5.75 Å². The highest BCUT2D eigenvalue weighted by Gasteiger charge is 2.30. The fraction of sp³-hybridized carbons (Fsp3) is 0.500. The van der Waals surface area contributed by atoms with Gasteiger partial charge in [0, 0.05) is 0 Å². The van der Waals surface area contributed by atoms with E-state index in [1.807, 2.05) is 39.0 Å². The first-order valence-corrected chi connectivity index (χ1v) is 7.84. The molecule has 1 N–H and O–H groups in total. The van der Waals surface area contributed by atoms with Crippen LogP contribution in [0.5, 0.6) is 5.75 Å². The molecule has 0 aliphatic heterocycles. The van der Waals surface area contributed by atoms with Crippen LogP contribution in [-0.2, 0) is 14.3 Å². The van der Waals surface area contributed by atoms with Crippen molar-refractivity contribution in [2.75, 3.05) is 13.2 Å². The van der Waals surface area contributed by atoms with Crippen LogP contribution in [-0.4, -0.2) is 30.6 Å². The van der Waals surface area contributed by atoms with E-state index in [2.05, 4.69) is 11.4 Å². The molecule has 24 heavy (non-hydrogen) atoms. The Kier molecular flexibility index (Phi) is 7.25. The summed E-state index contributed by atoms with van der Waals surface area (Å²) in [6.45, 7) is 7.01. The zero-order valence-corrected chi connectivity index (χ0v) is 14.6. The third-order valence-corrected chi connectivity index (χ3v) is 3.71. The highest BCUT2D eigenvalue weighted by atomic mass is 16.5. The Balaban J connectivity index is 2.31. The molecule has 0 fully saturated rings. The molecular formula is C18H24N2O4. The van der Waals surface area contributed by atoms with Crippen LogP contribution in [0.4, 0.5) is 0 Å². The Morgan fingerprint density at radius 1 is 1.38 bits per heavy atom. The van der Waals surface area contributed by atoms with Gasteiger partial charge in [0.15, 0.2) is 6.61 Å². The van der Waals surface area contributed by atoms with Crippen LogP contribution in [0, 0.1) is 24.2 Å². The number of hydrogen-bond acceptors (Lipinski definition) is 5. The van der Waals surface area contributed by atoms with Gasteiger partial charge in [0.05, 0.1) is 19.1 Å². The number of amides is 1. The van der Waals surface area contributed by atoms with Crippen molar-refractivity contribution in [2.24, 2.45) is 5.92 Å². The van der Waals surface area contributed by atoms with Gasteiger partial charge < -0.3 is 14.8 Å². The van der Waals surface area contributed by atoms with Crippen LogP contribution >= 0.6 is 0 Å². The number of aryl methyl sites for hydroxylation is 1. The molecule has 1 aromatic carbocycles. The van der Waals surface area contributed by atoms with Gasteiger partial charge in [0.25, 0.3) is 5.91 Å². The highest BCUT2D eigenvalue weighted by molar-refractivity contribution is 5.81. The smallest absolute Gasteiger partial charge is 0.309 e. The molecule has 0 saturated carbocycles. The second-order valence-electron chi connectivity index (χ2n) is 6.09. The molecule has 0 radical (unpaired) electrons. The number of ether oxygens (including phenoxy) is 2. The summed E-state index contributed by atoms with van der Waals surface area (Å²) in [5, 5.41) is 11.7. The Morgan fingerprint density at radius 3 is 2.67 bits per heavy atom. The monoisotopic (exact) mass is 332 g/mol. The van der Waals surface area contributed by atoms with Gasteiger partial charge in [-0.05, 0) is 37.5 Å². The van der Waals surface area contributed by atoms with Crippen LogP contribution in [0.25, 0.3) is 0 Å². The molecule has 0 unspecified atom stereocenters. The summed E-state index contributed by atoms with van der Waals surface area (Å²) in [6.07, 6.45) is 0.0426. The predicted molar refractivity (Wildman–Crippen MR) is 89.2 cm³/mol. The average Bonchev–Trinajstić information content (AvgIpc) is 2.52. The Morgan fingerprint density at radius 2 is 2.08 bits per heavy atom. The maximum atomic E-state index is 11.8. The number of hydrogen-bond donors (Lipinski definition) is 1. The van der Waals surface area contributed by atoms with Gasteiger partial charge in [0.1, 0.15) is 11.3 Å². The van der Waals surface area contributed by atoms with Crippen molar-refractivity contribution in [1.82, 2.24) is 5.32 Å². The van der Waals surface area contributed by atoms with E-state index in [1.54, 1.807) is 13.0 Å². The van der Waals surface area contributed by atoms with E-state index < -0.39 is 24.0 Å². The summed E-state index contributed by atoms with van der Waals surface area (Å²) in [5.41, 5.74) is 0.0788. The topological polar surface area (TPSA) is 88.4 Å². The van der Waals surface area contributed by atoms with E-state index in [9.17, 15) is 9.59 Å². The third-order valence-electron chi connectivity index (χ3n) is 3.71. The molecule has 0 aromatic heterocycles. The summed E-state index contributed by atoms with van der Waals surface area (Å²) in [4.78, 5) is 23.4. The third kappa shape index (κ3) is 6.29. The zero-order chi connectivity index (χ0) is 18.2. The number of carbonyl (C=O) groups is 2. The normalized spacial score (nSPS) is 12.8. The molecule has 1 aromatic rings. The maximum absolute atomic E-state index is 11.8. The van der Waals surface area contributed by atoms with Crippen molar-refractivity contribution < 1.29 is 19.1 Å². The minimum absolute atomic E-state index is 0.0426. The average molecular weight is 332 g/mol. The Labute approximate surface area is 142 Å². The van der Waals surface area contributed by atoms with E-state index in [4.69, 9.17) is 14.7 Å². The maximum Gasteiger partial charge on any atom is 0.309 e. The number of nitrogens with one attached hydrogen (secondary N) is 1. The molecule has 0 heterocycles.